The molecule has 2 nitrogen and oxygen atoms in total. The summed E-state index contributed by atoms with van der Waals surface area (Å²) < 4.78 is 0. The molecular formula is C18H42O2P+. The molecule has 21 heavy (non-hydrogen) atoms. The molecule has 0 radical (unpaired) electrons. The zero-order chi connectivity index (χ0) is 16.4. The maximum Gasteiger partial charge on any atom is 0.0662 e. The normalized spacial score (nSPS) is 11.1. The van der Waals surface area contributed by atoms with Gasteiger partial charge in [0.2, 0.25) is 0 Å². The van der Waals surface area contributed by atoms with E-state index >= 15 is 0 Å². The predicted molar refractivity (Wildman–Crippen MR) is 100 cm³/mol. The Labute approximate surface area is 135 Å². The van der Waals surface area contributed by atoms with Crippen LogP contribution in [0.2, 0.25) is 0 Å². The van der Waals surface area contributed by atoms with E-state index in [2.05, 4.69) is 27.7 Å². The molecule has 0 aromatic heterocycles. The first-order valence-electron chi connectivity index (χ1n) is 9.23. The number of rotatable bonds is 13. The van der Waals surface area contributed by atoms with Crippen molar-refractivity contribution in [3.05, 3.63) is 0 Å². The fourth-order valence-electron chi connectivity index (χ4n) is 2.64. The Bertz CT molecular complexity index is 147. The molecule has 2 N–H and O–H groups in total. The molecule has 130 valence electrons. The summed E-state index contributed by atoms with van der Waals surface area (Å²) >= 11 is 0. The van der Waals surface area contributed by atoms with Crippen LogP contribution in [0.4, 0.5) is 0 Å². The highest BCUT2D eigenvalue weighted by atomic mass is 31.2. The largest absolute Gasteiger partial charge is 0.394 e. The number of hydrogen-bond donors (Lipinski definition) is 2. The number of aliphatic hydroxyl groups excluding tert-OH is 2. The molecule has 0 unspecified atom stereocenters. The van der Waals surface area contributed by atoms with Gasteiger partial charge in [-0.3, -0.25) is 0 Å². The number of hydrogen-bond acceptors (Lipinski definition) is 2. The minimum atomic E-state index is -0.562. The second kappa shape index (κ2) is 18.4. The Morgan fingerprint density at radius 2 is 0.762 bits per heavy atom. The quantitative estimate of drug-likeness (QED) is 0.459. The minimum absolute atomic E-state index is 0.125. The predicted octanol–water partition coefficient (Wildman–Crippen LogP) is 5.18. The third-order valence-corrected chi connectivity index (χ3v) is 9.10. The molecule has 0 aromatic rings. The zero-order valence-electron chi connectivity index (χ0n) is 15.2. The average molecular weight is 322 g/mol. The van der Waals surface area contributed by atoms with Crippen LogP contribution in [0.25, 0.3) is 0 Å². The summed E-state index contributed by atoms with van der Waals surface area (Å²) in [6, 6.07) is 0. The second-order valence-electron chi connectivity index (χ2n) is 6.10. The molecule has 0 fully saturated rings. The van der Waals surface area contributed by atoms with E-state index in [1.807, 2.05) is 0 Å². The highest BCUT2D eigenvalue weighted by Gasteiger charge is 2.34. The van der Waals surface area contributed by atoms with Crippen molar-refractivity contribution < 1.29 is 10.2 Å². The summed E-state index contributed by atoms with van der Waals surface area (Å²) in [6.45, 7) is 9.17. The van der Waals surface area contributed by atoms with E-state index in [4.69, 9.17) is 10.2 Å². The highest BCUT2D eigenvalue weighted by Crippen LogP contribution is 2.61. The average Bonchev–Trinajstić information content (AvgIpc) is 2.53. The van der Waals surface area contributed by atoms with Crippen molar-refractivity contribution >= 4 is 7.26 Å². The van der Waals surface area contributed by atoms with Gasteiger partial charge in [0, 0.05) is 7.26 Å². The Morgan fingerprint density at radius 1 is 0.524 bits per heavy atom. The van der Waals surface area contributed by atoms with Crippen molar-refractivity contribution in [3.63, 3.8) is 0 Å². The fraction of sp³-hybridized carbons (Fsp3) is 1.00. The first kappa shape index (κ1) is 23.6. The maximum absolute atomic E-state index is 7.62. The van der Waals surface area contributed by atoms with Gasteiger partial charge >= 0.3 is 0 Å². The molecule has 0 bridgehead atoms. The van der Waals surface area contributed by atoms with E-state index in [0.717, 1.165) is 0 Å². The molecule has 0 atom stereocenters. The molecular weight excluding hydrogens is 279 g/mol. The van der Waals surface area contributed by atoms with E-state index in [0.29, 0.717) is 0 Å². The van der Waals surface area contributed by atoms with Crippen molar-refractivity contribution in [2.45, 2.75) is 79.1 Å². The molecule has 3 heteroatoms. The second-order valence-corrected chi connectivity index (χ2v) is 10.6. The number of unbranched alkanes of at least 4 members (excludes halogenated alkanes) is 4. The van der Waals surface area contributed by atoms with Crippen molar-refractivity contribution in [2.75, 3.05) is 37.9 Å². The van der Waals surface area contributed by atoms with Gasteiger partial charge < -0.3 is 10.2 Å². The Hall–Kier alpha value is 0.350. The van der Waals surface area contributed by atoms with Crippen LogP contribution in [0.15, 0.2) is 0 Å². The topological polar surface area (TPSA) is 40.5 Å². The Kier molecular flexibility index (Phi) is 20.7. The standard InChI is InChI=1S/C16H36P.C2H6O2/c1-5-9-13-17(14-10-6-2,15-11-7-3)16-12-8-4;3-1-2-4/h5-16H2,1-4H3;3-4H,1-2H2/q+1;. The van der Waals surface area contributed by atoms with Gasteiger partial charge in [-0.05, 0) is 25.7 Å². The summed E-state index contributed by atoms with van der Waals surface area (Å²) in [7, 11) is -0.562. The van der Waals surface area contributed by atoms with E-state index in [1.54, 1.807) is 24.6 Å². The van der Waals surface area contributed by atoms with Crippen LogP contribution in [0, 0.1) is 0 Å². The molecule has 0 aromatic carbocycles. The van der Waals surface area contributed by atoms with Crippen LogP contribution in [0.5, 0.6) is 0 Å². The van der Waals surface area contributed by atoms with Crippen LogP contribution in [-0.4, -0.2) is 48.1 Å². The van der Waals surface area contributed by atoms with Crippen LogP contribution in [0.3, 0.4) is 0 Å². The smallest absolute Gasteiger partial charge is 0.0662 e. The molecule has 0 spiro atoms. The van der Waals surface area contributed by atoms with Gasteiger partial charge in [0.25, 0.3) is 0 Å². The lowest BCUT2D eigenvalue weighted by atomic mass is 10.4. The lowest BCUT2D eigenvalue weighted by molar-refractivity contribution is 0.186. The van der Waals surface area contributed by atoms with Gasteiger partial charge in [0.15, 0.2) is 0 Å². The van der Waals surface area contributed by atoms with Crippen LogP contribution in [-0.2, 0) is 0 Å². The van der Waals surface area contributed by atoms with E-state index in [-0.39, 0.29) is 13.2 Å². The van der Waals surface area contributed by atoms with Gasteiger partial charge in [-0.2, -0.15) is 0 Å². The van der Waals surface area contributed by atoms with Crippen molar-refractivity contribution in [2.24, 2.45) is 0 Å². The monoisotopic (exact) mass is 321 g/mol. The lowest BCUT2D eigenvalue weighted by Crippen LogP contribution is -2.12. The molecule has 0 aliphatic rings. The molecule has 0 aliphatic heterocycles. The van der Waals surface area contributed by atoms with Crippen molar-refractivity contribution in [1.82, 2.24) is 0 Å². The molecule has 0 rings (SSSR count). The summed E-state index contributed by atoms with van der Waals surface area (Å²) in [5.41, 5.74) is 0. The molecule has 0 heterocycles. The van der Waals surface area contributed by atoms with Crippen LogP contribution < -0.4 is 0 Å². The van der Waals surface area contributed by atoms with Gasteiger partial charge in [-0.1, -0.05) is 53.4 Å². The van der Waals surface area contributed by atoms with E-state index < -0.39 is 7.26 Å². The molecule has 0 saturated heterocycles. The summed E-state index contributed by atoms with van der Waals surface area (Å²) in [6.07, 6.45) is 17.9. The summed E-state index contributed by atoms with van der Waals surface area (Å²) in [4.78, 5) is 0. The highest BCUT2D eigenvalue weighted by molar-refractivity contribution is 7.75. The first-order chi connectivity index (χ1) is 10.2. The fourth-order valence-corrected chi connectivity index (χ4v) is 7.93. The maximum atomic E-state index is 7.62. The SMILES string of the molecule is CCCC[P+](CCCC)(CCCC)CCCC.OCCO. The Balaban J connectivity index is 0. The van der Waals surface area contributed by atoms with Crippen LogP contribution in [0.1, 0.15) is 79.1 Å². The van der Waals surface area contributed by atoms with Crippen LogP contribution >= 0.6 is 7.26 Å². The number of aliphatic hydroxyl groups is 2. The van der Waals surface area contributed by atoms with Gasteiger partial charge in [-0.15, -0.1) is 0 Å². The Morgan fingerprint density at radius 3 is 0.905 bits per heavy atom. The van der Waals surface area contributed by atoms with Gasteiger partial charge in [0.05, 0.1) is 37.9 Å². The van der Waals surface area contributed by atoms with Crippen molar-refractivity contribution in [1.29, 1.82) is 0 Å². The molecule has 0 saturated carbocycles. The summed E-state index contributed by atoms with van der Waals surface area (Å²) in [5.74, 6) is 0. The molecule has 0 aliphatic carbocycles. The van der Waals surface area contributed by atoms with Crippen molar-refractivity contribution in [3.8, 4) is 0 Å². The molecule has 0 amide bonds. The van der Waals surface area contributed by atoms with Gasteiger partial charge in [-0.25, -0.2) is 0 Å². The first-order valence-corrected chi connectivity index (χ1v) is 11.8. The minimum Gasteiger partial charge on any atom is -0.394 e. The lowest BCUT2D eigenvalue weighted by Gasteiger charge is -2.28. The van der Waals surface area contributed by atoms with E-state index in [9.17, 15) is 0 Å². The van der Waals surface area contributed by atoms with E-state index in [1.165, 1.54) is 51.4 Å². The third-order valence-electron chi connectivity index (χ3n) is 4.04. The summed E-state index contributed by atoms with van der Waals surface area (Å²) in [5, 5.41) is 15.2. The van der Waals surface area contributed by atoms with Gasteiger partial charge in [0.1, 0.15) is 0 Å². The zero-order valence-corrected chi connectivity index (χ0v) is 16.1. The third kappa shape index (κ3) is 15.0.